The molecule has 0 radical (unpaired) electrons. The average Bonchev–Trinajstić information content (AvgIpc) is 2.54. The molecule has 1 atom stereocenters. The van der Waals surface area contributed by atoms with E-state index in [-0.39, 0.29) is 0 Å². The first-order chi connectivity index (χ1) is 6.44. The van der Waals surface area contributed by atoms with E-state index in [4.69, 9.17) is 0 Å². The Hall–Kier alpha value is -0.270. The molecule has 0 aromatic rings. The number of hydrogen-bond donors (Lipinski definition) is 1. The largest absolute Gasteiger partial charge is 0.315 e. The molecule has 0 aliphatic carbocycles. The second kappa shape index (κ2) is 4.50. The average molecular weight is 228 g/mol. The molecule has 0 spiro atoms. The molecule has 1 N–H and O–H groups in total. The van der Waals surface area contributed by atoms with E-state index in [1.54, 1.807) is 0 Å². The van der Waals surface area contributed by atoms with E-state index < -0.39 is 28.2 Å². The smallest absolute Gasteiger partial charge is 0.252 e. The van der Waals surface area contributed by atoms with Gasteiger partial charge in [-0.05, 0) is 13.0 Å². The summed E-state index contributed by atoms with van der Waals surface area (Å²) in [4.78, 5) is 0. The lowest BCUT2D eigenvalue weighted by molar-refractivity contribution is 0.126. The van der Waals surface area contributed by atoms with Crippen LogP contribution in [0.15, 0.2) is 0 Å². The molecule has 14 heavy (non-hydrogen) atoms. The quantitative estimate of drug-likeness (QED) is 0.729. The van der Waals surface area contributed by atoms with Gasteiger partial charge in [-0.1, -0.05) is 0 Å². The standard InChI is InChI=1S/C7H14F2N2O2S/c1-11(5-7(8)9)14(12,13)6-2-3-10-4-6/h6-7,10H,2-5H2,1H3. The Morgan fingerprint density at radius 3 is 2.64 bits per heavy atom. The summed E-state index contributed by atoms with van der Waals surface area (Å²) in [7, 11) is -2.35. The predicted molar refractivity (Wildman–Crippen MR) is 48.8 cm³/mol. The van der Waals surface area contributed by atoms with E-state index in [1.807, 2.05) is 0 Å². The van der Waals surface area contributed by atoms with Crippen molar-refractivity contribution < 1.29 is 17.2 Å². The first kappa shape index (κ1) is 11.8. The van der Waals surface area contributed by atoms with E-state index in [0.29, 0.717) is 19.5 Å². The van der Waals surface area contributed by atoms with Crippen molar-refractivity contribution in [2.45, 2.75) is 18.1 Å². The summed E-state index contributed by atoms with van der Waals surface area (Å²) in [6.07, 6.45) is -2.13. The van der Waals surface area contributed by atoms with Crippen LogP contribution in [0.5, 0.6) is 0 Å². The molecule has 1 aliphatic heterocycles. The summed E-state index contributed by atoms with van der Waals surface area (Å²) >= 11 is 0. The predicted octanol–water partition coefficient (Wildman–Crippen LogP) is -0.125. The molecule has 0 aromatic carbocycles. The van der Waals surface area contributed by atoms with Crippen LogP contribution in [0.3, 0.4) is 0 Å². The van der Waals surface area contributed by atoms with Crippen LogP contribution in [-0.2, 0) is 10.0 Å². The molecule has 0 bridgehead atoms. The highest BCUT2D eigenvalue weighted by Gasteiger charge is 2.33. The Morgan fingerprint density at radius 2 is 2.21 bits per heavy atom. The molecule has 1 fully saturated rings. The molecule has 4 nitrogen and oxygen atoms in total. The Balaban J connectivity index is 2.63. The molecule has 84 valence electrons. The van der Waals surface area contributed by atoms with E-state index in [1.165, 1.54) is 7.05 Å². The SMILES string of the molecule is CN(CC(F)F)S(=O)(=O)C1CCNC1. The van der Waals surface area contributed by atoms with Crippen LogP contribution >= 0.6 is 0 Å². The maximum Gasteiger partial charge on any atom is 0.252 e. The van der Waals surface area contributed by atoms with E-state index >= 15 is 0 Å². The molecule has 0 saturated carbocycles. The fourth-order valence-corrected chi connectivity index (χ4v) is 3.01. The Bertz CT molecular complexity index is 275. The van der Waals surface area contributed by atoms with Crippen LogP contribution in [0.2, 0.25) is 0 Å². The van der Waals surface area contributed by atoms with Gasteiger partial charge in [-0.2, -0.15) is 4.31 Å². The second-order valence-corrected chi connectivity index (χ2v) is 5.65. The molecule has 1 unspecified atom stereocenters. The summed E-state index contributed by atoms with van der Waals surface area (Å²) in [6.45, 7) is 0.265. The molecule has 1 saturated heterocycles. The summed E-state index contributed by atoms with van der Waals surface area (Å²) in [5.74, 6) is 0. The minimum atomic E-state index is -3.54. The lowest BCUT2D eigenvalue weighted by Crippen LogP contribution is -2.39. The van der Waals surface area contributed by atoms with E-state index in [0.717, 1.165) is 4.31 Å². The van der Waals surface area contributed by atoms with Crippen LogP contribution in [0, 0.1) is 0 Å². The number of nitrogens with zero attached hydrogens (tertiary/aromatic N) is 1. The lowest BCUT2D eigenvalue weighted by Gasteiger charge is -2.20. The van der Waals surface area contributed by atoms with Crippen molar-refractivity contribution in [1.82, 2.24) is 9.62 Å². The van der Waals surface area contributed by atoms with Crippen LogP contribution in [0.25, 0.3) is 0 Å². The van der Waals surface area contributed by atoms with Gasteiger partial charge in [0.15, 0.2) is 0 Å². The van der Waals surface area contributed by atoms with Crippen LogP contribution in [0.1, 0.15) is 6.42 Å². The second-order valence-electron chi connectivity index (χ2n) is 3.33. The van der Waals surface area contributed by atoms with Gasteiger partial charge in [0.25, 0.3) is 6.43 Å². The molecule has 1 aliphatic rings. The maximum atomic E-state index is 12.0. The summed E-state index contributed by atoms with van der Waals surface area (Å²) in [5.41, 5.74) is 0. The normalized spacial score (nSPS) is 23.6. The number of sulfonamides is 1. The zero-order valence-corrected chi connectivity index (χ0v) is 8.73. The van der Waals surface area contributed by atoms with Crippen LogP contribution < -0.4 is 5.32 Å². The molecule has 0 amide bonds. The van der Waals surface area contributed by atoms with Crippen molar-refractivity contribution >= 4 is 10.0 Å². The van der Waals surface area contributed by atoms with Crippen molar-refractivity contribution in [3.8, 4) is 0 Å². The van der Waals surface area contributed by atoms with Crippen molar-refractivity contribution in [2.75, 3.05) is 26.7 Å². The third-order valence-electron chi connectivity index (χ3n) is 2.27. The zero-order valence-electron chi connectivity index (χ0n) is 7.91. The summed E-state index contributed by atoms with van der Waals surface area (Å²) < 4.78 is 47.9. The highest BCUT2D eigenvalue weighted by Crippen LogP contribution is 2.14. The molecule has 7 heteroatoms. The summed E-state index contributed by atoms with van der Waals surface area (Å²) in [6, 6.07) is 0. The lowest BCUT2D eigenvalue weighted by atomic mass is 10.4. The van der Waals surface area contributed by atoms with Gasteiger partial charge in [-0.25, -0.2) is 17.2 Å². The number of nitrogens with one attached hydrogen (secondary N) is 1. The van der Waals surface area contributed by atoms with Crippen molar-refractivity contribution in [2.24, 2.45) is 0 Å². The number of rotatable bonds is 4. The minimum absolute atomic E-state index is 0.357. The van der Waals surface area contributed by atoms with E-state index in [2.05, 4.69) is 5.32 Å². The van der Waals surface area contributed by atoms with Gasteiger partial charge >= 0.3 is 0 Å². The van der Waals surface area contributed by atoms with Gasteiger partial charge < -0.3 is 5.32 Å². The highest BCUT2D eigenvalue weighted by atomic mass is 32.2. The molecule has 1 heterocycles. The van der Waals surface area contributed by atoms with Crippen molar-refractivity contribution in [3.05, 3.63) is 0 Å². The molecular weight excluding hydrogens is 214 g/mol. The van der Waals surface area contributed by atoms with Gasteiger partial charge in [-0.3, -0.25) is 0 Å². The first-order valence-corrected chi connectivity index (χ1v) is 5.89. The third kappa shape index (κ3) is 2.61. The zero-order chi connectivity index (χ0) is 10.8. The van der Waals surface area contributed by atoms with Gasteiger partial charge in [0.05, 0.1) is 11.8 Å². The van der Waals surface area contributed by atoms with Crippen molar-refractivity contribution in [1.29, 1.82) is 0 Å². The van der Waals surface area contributed by atoms with Crippen LogP contribution in [0.4, 0.5) is 8.78 Å². The summed E-state index contributed by atoms with van der Waals surface area (Å²) in [5, 5.41) is 2.34. The third-order valence-corrected chi connectivity index (χ3v) is 4.53. The van der Waals surface area contributed by atoms with E-state index in [9.17, 15) is 17.2 Å². The number of hydrogen-bond acceptors (Lipinski definition) is 3. The Kier molecular flexibility index (Phi) is 3.79. The monoisotopic (exact) mass is 228 g/mol. The van der Waals surface area contributed by atoms with Crippen LogP contribution in [-0.4, -0.2) is 51.1 Å². The highest BCUT2D eigenvalue weighted by molar-refractivity contribution is 7.89. The number of alkyl halides is 2. The topological polar surface area (TPSA) is 49.4 Å². The minimum Gasteiger partial charge on any atom is -0.315 e. The molecule has 0 aromatic heterocycles. The van der Waals surface area contributed by atoms with Gasteiger partial charge in [-0.15, -0.1) is 0 Å². The first-order valence-electron chi connectivity index (χ1n) is 4.38. The fourth-order valence-electron chi connectivity index (χ4n) is 1.44. The number of halogens is 2. The Labute approximate surface area is 82.3 Å². The van der Waals surface area contributed by atoms with Gasteiger partial charge in [0, 0.05) is 13.6 Å². The molecular formula is C7H14F2N2O2S. The van der Waals surface area contributed by atoms with Crippen molar-refractivity contribution in [3.63, 3.8) is 0 Å². The maximum absolute atomic E-state index is 12.0. The fraction of sp³-hybridized carbons (Fsp3) is 1.00. The van der Waals surface area contributed by atoms with Gasteiger partial charge in [0.1, 0.15) is 0 Å². The molecule has 1 rings (SSSR count). The van der Waals surface area contributed by atoms with Gasteiger partial charge in [0.2, 0.25) is 10.0 Å². The Morgan fingerprint density at radius 1 is 1.57 bits per heavy atom.